The minimum Gasteiger partial charge on any atom is -0.322 e. The highest BCUT2D eigenvalue weighted by atomic mass is 32.2. The molecule has 0 saturated carbocycles. The molecule has 0 saturated heterocycles. The largest absolute Gasteiger partial charge is 0.322 e. The summed E-state index contributed by atoms with van der Waals surface area (Å²) < 4.78 is 22.6. The molecule has 0 atom stereocenters. The van der Waals surface area contributed by atoms with Gasteiger partial charge in [-0.25, -0.2) is 8.42 Å². The van der Waals surface area contributed by atoms with Crippen LogP contribution < -0.4 is 5.73 Å². The molecule has 1 rings (SSSR count). The Kier molecular flexibility index (Phi) is 3.43. The van der Waals surface area contributed by atoms with Gasteiger partial charge in [0.2, 0.25) is 0 Å². The van der Waals surface area contributed by atoms with E-state index >= 15 is 0 Å². The number of benzene rings is 1. The molecular weight excluding hydrogens is 234 g/mol. The predicted molar refractivity (Wildman–Crippen MR) is 71.5 cm³/mol. The van der Waals surface area contributed by atoms with Gasteiger partial charge < -0.3 is 5.73 Å². The van der Waals surface area contributed by atoms with E-state index in [4.69, 9.17) is 5.73 Å². The first kappa shape index (κ1) is 14.2. The van der Waals surface area contributed by atoms with Gasteiger partial charge in [0.15, 0.2) is 9.84 Å². The lowest BCUT2D eigenvalue weighted by Gasteiger charge is -2.25. The molecule has 0 aliphatic heterocycles. The second-order valence-corrected chi connectivity index (χ2v) is 8.15. The molecule has 0 unspecified atom stereocenters. The van der Waals surface area contributed by atoms with E-state index in [1.165, 1.54) is 6.26 Å². The Morgan fingerprint density at radius 2 is 1.29 bits per heavy atom. The van der Waals surface area contributed by atoms with Crippen LogP contribution in [0.15, 0.2) is 24.3 Å². The summed E-state index contributed by atoms with van der Waals surface area (Å²) in [6, 6.07) is 7.46. The summed E-state index contributed by atoms with van der Waals surface area (Å²) >= 11 is 0. The second kappa shape index (κ2) is 4.10. The van der Waals surface area contributed by atoms with E-state index in [0.29, 0.717) is 0 Å². The van der Waals surface area contributed by atoms with E-state index in [-0.39, 0.29) is 0 Å². The van der Waals surface area contributed by atoms with Crippen LogP contribution in [0.1, 0.15) is 38.8 Å². The van der Waals surface area contributed by atoms with Crippen molar-refractivity contribution in [1.82, 2.24) is 0 Å². The Hall–Kier alpha value is -0.870. The highest BCUT2D eigenvalue weighted by molar-refractivity contribution is 7.91. The molecule has 0 fully saturated rings. The van der Waals surface area contributed by atoms with Crippen LogP contribution in [0.3, 0.4) is 0 Å². The Bertz CT molecular complexity index is 493. The van der Waals surface area contributed by atoms with Crippen molar-refractivity contribution < 1.29 is 8.42 Å². The van der Waals surface area contributed by atoms with Crippen LogP contribution in [0.2, 0.25) is 0 Å². The van der Waals surface area contributed by atoms with Gasteiger partial charge in [-0.05, 0) is 38.8 Å². The minimum atomic E-state index is -3.13. The third-order valence-electron chi connectivity index (χ3n) is 3.25. The summed E-state index contributed by atoms with van der Waals surface area (Å²) in [5.74, 6) is 0. The highest BCUT2D eigenvalue weighted by Crippen LogP contribution is 2.30. The van der Waals surface area contributed by atoms with E-state index < -0.39 is 20.1 Å². The monoisotopic (exact) mass is 255 g/mol. The molecule has 96 valence electrons. The minimum absolute atomic E-state index is 0.409. The molecule has 0 spiro atoms. The van der Waals surface area contributed by atoms with Crippen LogP contribution in [0.25, 0.3) is 0 Å². The molecule has 3 nitrogen and oxygen atoms in total. The molecule has 1 aromatic rings. The van der Waals surface area contributed by atoms with Crippen LogP contribution >= 0.6 is 0 Å². The van der Waals surface area contributed by atoms with Gasteiger partial charge in [0.05, 0.1) is 4.75 Å². The lowest BCUT2D eigenvalue weighted by molar-refractivity contribution is 0.551. The Balaban J connectivity index is 3.21. The number of rotatable bonds is 3. The fourth-order valence-corrected chi connectivity index (χ4v) is 2.08. The van der Waals surface area contributed by atoms with Crippen molar-refractivity contribution in [2.45, 2.75) is 38.0 Å². The first-order chi connectivity index (χ1) is 7.46. The van der Waals surface area contributed by atoms with E-state index in [9.17, 15) is 8.42 Å². The van der Waals surface area contributed by atoms with E-state index in [0.717, 1.165) is 11.1 Å². The average molecular weight is 255 g/mol. The molecule has 1 aromatic carbocycles. The van der Waals surface area contributed by atoms with Crippen molar-refractivity contribution in [3.05, 3.63) is 35.4 Å². The molecule has 2 N–H and O–H groups in total. The summed E-state index contributed by atoms with van der Waals surface area (Å²) in [6.07, 6.45) is 1.26. The molecule has 0 bridgehead atoms. The van der Waals surface area contributed by atoms with Crippen LogP contribution in [0, 0.1) is 0 Å². The fraction of sp³-hybridized carbons (Fsp3) is 0.538. The van der Waals surface area contributed by atoms with Crippen molar-refractivity contribution in [2.75, 3.05) is 6.26 Å². The van der Waals surface area contributed by atoms with E-state index in [1.807, 2.05) is 38.1 Å². The lowest BCUT2D eigenvalue weighted by Crippen LogP contribution is -2.30. The summed E-state index contributed by atoms with van der Waals surface area (Å²) in [5, 5.41) is 0. The van der Waals surface area contributed by atoms with Crippen molar-refractivity contribution >= 4 is 9.84 Å². The zero-order valence-corrected chi connectivity index (χ0v) is 11.9. The molecular formula is C13H21NO2S. The van der Waals surface area contributed by atoms with Gasteiger partial charge in [0.25, 0.3) is 0 Å². The quantitative estimate of drug-likeness (QED) is 0.900. The van der Waals surface area contributed by atoms with Crippen molar-refractivity contribution in [1.29, 1.82) is 0 Å². The SMILES string of the molecule is CC(C)(N)c1ccc(C(C)(C)S(C)(=O)=O)cc1. The average Bonchev–Trinajstić information content (AvgIpc) is 2.15. The summed E-state index contributed by atoms with van der Waals surface area (Å²) in [4.78, 5) is 0. The topological polar surface area (TPSA) is 60.2 Å². The summed E-state index contributed by atoms with van der Waals surface area (Å²) in [6.45, 7) is 7.27. The summed E-state index contributed by atoms with van der Waals surface area (Å²) in [7, 11) is -3.13. The standard InChI is InChI=1S/C13H21NO2S/c1-12(2,14)10-6-8-11(9-7-10)13(3,4)17(5,15)16/h6-9H,14H2,1-5H3. The maximum Gasteiger partial charge on any atom is 0.156 e. The molecule has 0 radical (unpaired) electrons. The number of hydrogen-bond acceptors (Lipinski definition) is 3. The number of hydrogen-bond donors (Lipinski definition) is 1. The first-order valence-corrected chi connectivity index (χ1v) is 7.45. The molecule has 0 heterocycles. The lowest BCUT2D eigenvalue weighted by atomic mass is 9.92. The van der Waals surface area contributed by atoms with E-state index in [2.05, 4.69) is 0 Å². The predicted octanol–water partition coefficient (Wildman–Crippen LogP) is 2.16. The third kappa shape index (κ3) is 2.87. The zero-order chi connectivity index (χ0) is 13.5. The van der Waals surface area contributed by atoms with E-state index in [1.54, 1.807) is 13.8 Å². The number of nitrogens with two attached hydrogens (primary N) is 1. The molecule has 0 amide bonds. The Morgan fingerprint density at radius 1 is 0.941 bits per heavy atom. The Labute approximate surface area is 104 Å². The van der Waals surface area contributed by atoms with Crippen molar-refractivity contribution in [3.8, 4) is 0 Å². The van der Waals surface area contributed by atoms with Gasteiger partial charge >= 0.3 is 0 Å². The maximum absolute atomic E-state index is 11.7. The molecule has 0 aromatic heterocycles. The molecule has 17 heavy (non-hydrogen) atoms. The van der Waals surface area contributed by atoms with Gasteiger partial charge in [-0.3, -0.25) is 0 Å². The van der Waals surface area contributed by atoms with Gasteiger partial charge in [0.1, 0.15) is 0 Å². The van der Waals surface area contributed by atoms with Crippen LogP contribution in [-0.2, 0) is 20.1 Å². The van der Waals surface area contributed by atoms with Gasteiger partial charge in [-0.15, -0.1) is 0 Å². The molecule has 4 heteroatoms. The van der Waals surface area contributed by atoms with Gasteiger partial charge in [0, 0.05) is 11.8 Å². The summed E-state index contributed by atoms with van der Waals surface area (Å²) in [5.41, 5.74) is 7.35. The number of sulfone groups is 1. The Morgan fingerprint density at radius 3 is 1.59 bits per heavy atom. The maximum atomic E-state index is 11.7. The third-order valence-corrected chi connectivity index (χ3v) is 5.34. The first-order valence-electron chi connectivity index (χ1n) is 5.56. The highest BCUT2D eigenvalue weighted by Gasteiger charge is 2.32. The van der Waals surface area contributed by atoms with Gasteiger partial charge in [-0.2, -0.15) is 0 Å². The van der Waals surface area contributed by atoms with Crippen LogP contribution in [-0.4, -0.2) is 14.7 Å². The fourth-order valence-electron chi connectivity index (χ4n) is 1.52. The normalized spacial score (nSPS) is 13.8. The van der Waals surface area contributed by atoms with Gasteiger partial charge in [-0.1, -0.05) is 24.3 Å². The van der Waals surface area contributed by atoms with Crippen molar-refractivity contribution in [3.63, 3.8) is 0 Å². The molecule has 0 aliphatic rings. The smallest absolute Gasteiger partial charge is 0.156 e. The van der Waals surface area contributed by atoms with Crippen LogP contribution in [0.4, 0.5) is 0 Å². The van der Waals surface area contributed by atoms with Crippen molar-refractivity contribution in [2.24, 2.45) is 5.73 Å². The molecule has 0 aliphatic carbocycles. The van der Waals surface area contributed by atoms with Crippen LogP contribution in [0.5, 0.6) is 0 Å². The second-order valence-electron chi connectivity index (χ2n) is 5.58. The zero-order valence-electron chi connectivity index (χ0n) is 11.1.